The summed E-state index contributed by atoms with van der Waals surface area (Å²) in [6.45, 7) is 0.478. The predicted octanol–water partition coefficient (Wildman–Crippen LogP) is 1.47. The Morgan fingerprint density at radius 3 is 2.50 bits per heavy atom. The third-order valence-electron chi connectivity index (χ3n) is 2.27. The summed E-state index contributed by atoms with van der Waals surface area (Å²) in [6.07, 6.45) is 3.81. The molecule has 3 nitrogen and oxygen atoms in total. The first kappa shape index (κ1) is 6.01. The first-order valence-corrected chi connectivity index (χ1v) is 3.67. The van der Waals surface area contributed by atoms with Crippen LogP contribution in [0.5, 0.6) is 0 Å². The van der Waals surface area contributed by atoms with E-state index >= 15 is 0 Å². The van der Waals surface area contributed by atoms with Crippen molar-refractivity contribution in [3.63, 3.8) is 0 Å². The van der Waals surface area contributed by atoms with Gasteiger partial charge in [0.05, 0.1) is 0 Å². The van der Waals surface area contributed by atoms with Crippen molar-refractivity contribution in [3.8, 4) is 0 Å². The lowest BCUT2D eigenvalue weighted by Crippen LogP contribution is -2.26. The van der Waals surface area contributed by atoms with Crippen molar-refractivity contribution in [3.05, 3.63) is 0 Å². The molecular formula is C7H10O3. The summed E-state index contributed by atoms with van der Waals surface area (Å²) in [5.41, 5.74) is -0.211. The molecule has 1 spiro atoms. The summed E-state index contributed by atoms with van der Waals surface area (Å²) in [6, 6.07) is 0. The molecule has 1 aliphatic carbocycles. The van der Waals surface area contributed by atoms with Gasteiger partial charge in [-0.05, 0) is 25.7 Å². The second-order valence-electron chi connectivity index (χ2n) is 3.03. The lowest BCUT2D eigenvalue weighted by molar-refractivity contribution is 0.0623. The number of rotatable bonds is 0. The molecule has 56 valence electrons. The van der Waals surface area contributed by atoms with Gasteiger partial charge in [-0.25, -0.2) is 4.79 Å². The second-order valence-corrected chi connectivity index (χ2v) is 3.03. The maximum Gasteiger partial charge on any atom is 0.509 e. The Morgan fingerprint density at radius 1 is 1.30 bits per heavy atom. The molecular weight excluding hydrogens is 132 g/mol. The van der Waals surface area contributed by atoms with E-state index in [2.05, 4.69) is 0 Å². The zero-order chi connectivity index (χ0) is 7.03. The molecule has 2 aliphatic rings. The number of cyclic esters (lactones) is 1. The molecule has 0 unspecified atom stereocenters. The van der Waals surface area contributed by atoms with E-state index in [1.54, 1.807) is 0 Å². The van der Waals surface area contributed by atoms with Crippen LogP contribution in [0, 0.1) is 0 Å². The molecule has 2 rings (SSSR count). The molecule has 1 saturated heterocycles. The highest BCUT2D eigenvalue weighted by molar-refractivity contribution is 5.62. The van der Waals surface area contributed by atoms with Gasteiger partial charge in [-0.2, -0.15) is 0 Å². The van der Waals surface area contributed by atoms with Crippen LogP contribution in [0.25, 0.3) is 0 Å². The van der Waals surface area contributed by atoms with Crippen molar-refractivity contribution in [2.24, 2.45) is 0 Å². The van der Waals surface area contributed by atoms with E-state index in [0.29, 0.717) is 6.61 Å². The standard InChI is InChI=1S/C7H10O3/c8-6-9-5-7(10-6)3-1-2-4-7/h1-5H2. The number of hydrogen-bond donors (Lipinski definition) is 0. The van der Waals surface area contributed by atoms with Gasteiger partial charge in [0.15, 0.2) is 0 Å². The molecule has 3 heteroatoms. The topological polar surface area (TPSA) is 35.5 Å². The van der Waals surface area contributed by atoms with Crippen LogP contribution in [0.15, 0.2) is 0 Å². The maximum atomic E-state index is 10.6. The quantitative estimate of drug-likeness (QED) is 0.480. The van der Waals surface area contributed by atoms with Crippen LogP contribution in [0.2, 0.25) is 0 Å². The van der Waals surface area contributed by atoms with Crippen LogP contribution in [-0.4, -0.2) is 18.4 Å². The summed E-state index contributed by atoms with van der Waals surface area (Å²) in [4.78, 5) is 10.6. The third-order valence-corrected chi connectivity index (χ3v) is 2.27. The SMILES string of the molecule is O=C1OCC2(CCCC2)O1. The highest BCUT2D eigenvalue weighted by Crippen LogP contribution is 2.36. The highest BCUT2D eigenvalue weighted by atomic mass is 16.8. The molecule has 0 amide bonds. The van der Waals surface area contributed by atoms with E-state index in [4.69, 9.17) is 9.47 Å². The summed E-state index contributed by atoms with van der Waals surface area (Å²) in [5, 5.41) is 0. The van der Waals surface area contributed by atoms with Gasteiger partial charge in [0.2, 0.25) is 0 Å². The Morgan fingerprint density at radius 2 is 2.00 bits per heavy atom. The van der Waals surface area contributed by atoms with Gasteiger partial charge >= 0.3 is 6.16 Å². The first-order valence-electron chi connectivity index (χ1n) is 3.67. The van der Waals surface area contributed by atoms with Crippen LogP contribution in [0.3, 0.4) is 0 Å². The zero-order valence-electron chi connectivity index (χ0n) is 5.76. The fourth-order valence-electron chi connectivity index (χ4n) is 1.69. The minimum absolute atomic E-state index is 0.211. The summed E-state index contributed by atoms with van der Waals surface area (Å²) in [5.74, 6) is 0. The fraction of sp³-hybridized carbons (Fsp3) is 0.857. The Bertz CT molecular complexity index is 158. The predicted molar refractivity (Wildman–Crippen MR) is 33.6 cm³/mol. The van der Waals surface area contributed by atoms with Gasteiger partial charge in [0.25, 0.3) is 0 Å². The molecule has 1 aliphatic heterocycles. The molecule has 0 aromatic carbocycles. The van der Waals surface area contributed by atoms with Crippen LogP contribution in [0.1, 0.15) is 25.7 Å². The van der Waals surface area contributed by atoms with Crippen molar-refractivity contribution in [1.82, 2.24) is 0 Å². The lowest BCUT2D eigenvalue weighted by Gasteiger charge is -2.16. The van der Waals surface area contributed by atoms with Crippen molar-refractivity contribution in [2.45, 2.75) is 31.3 Å². The van der Waals surface area contributed by atoms with E-state index in [9.17, 15) is 4.79 Å². The van der Waals surface area contributed by atoms with Gasteiger partial charge in [-0.3, -0.25) is 0 Å². The van der Waals surface area contributed by atoms with Gasteiger partial charge in [0.1, 0.15) is 12.2 Å². The van der Waals surface area contributed by atoms with Crippen molar-refractivity contribution in [2.75, 3.05) is 6.61 Å². The Balaban J connectivity index is 2.09. The third kappa shape index (κ3) is 0.770. The van der Waals surface area contributed by atoms with Crippen LogP contribution >= 0.6 is 0 Å². The van der Waals surface area contributed by atoms with E-state index in [0.717, 1.165) is 25.7 Å². The number of carbonyl (C=O) groups excluding carboxylic acids is 1. The molecule has 0 radical (unpaired) electrons. The fourth-order valence-corrected chi connectivity index (χ4v) is 1.69. The average molecular weight is 142 g/mol. The van der Waals surface area contributed by atoms with Crippen LogP contribution in [-0.2, 0) is 9.47 Å². The molecule has 0 aromatic rings. The van der Waals surface area contributed by atoms with Crippen LogP contribution in [0.4, 0.5) is 4.79 Å². The molecule has 1 saturated carbocycles. The van der Waals surface area contributed by atoms with E-state index in [1.165, 1.54) is 0 Å². The Hall–Kier alpha value is -0.730. The smallest absolute Gasteiger partial charge is 0.430 e. The van der Waals surface area contributed by atoms with E-state index < -0.39 is 6.16 Å². The molecule has 0 atom stereocenters. The minimum atomic E-state index is -0.484. The molecule has 0 N–H and O–H groups in total. The summed E-state index contributed by atoms with van der Waals surface area (Å²) < 4.78 is 9.78. The van der Waals surface area contributed by atoms with Gasteiger partial charge in [-0.1, -0.05) is 0 Å². The largest absolute Gasteiger partial charge is 0.509 e. The van der Waals surface area contributed by atoms with Crippen molar-refractivity contribution >= 4 is 6.16 Å². The molecule has 0 bridgehead atoms. The molecule has 10 heavy (non-hydrogen) atoms. The van der Waals surface area contributed by atoms with E-state index in [-0.39, 0.29) is 5.60 Å². The van der Waals surface area contributed by atoms with E-state index in [1.807, 2.05) is 0 Å². The van der Waals surface area contributed by atoms with Gasteiger partial charge in [0, 0.05) is 0 Å². The number of hydrogen-bond acceptors (Lipinski definition) is 3. The lowest BCUT2D eigenvalue weighted by atomic mass is 10.1. The average Bonchev–Trinajstić information content (AvgIpc) is 2.46. The molecule has 2 fully saturated rings. The Labute approximate surface area is 59.3 Å². The van der Waals surface area contributed by atoms with Gasteiger partial charge in [-0.15, -0.1) is 0 Å². The van der Waals surface area contributed by atoms with Crippen molar-refractivity contribution < 1.29 is 14.3 Å². The first-order chi connectivity index (χ1) is 4.81. The van der Waals surface area contributed by atoms with Gasteiger partial charge < -0.3 is 9.47 Å². The number of ether oxygens (including phenoxy) is 2. The normalized spacial score (nSPS) is 28.6. The maximum absolute atomic E-state index is 10.6. The number of carbonyl (C=O) groups is 1. The minimum Gasteiger partial charge on any atom is -0.430 e. The van der Waals surface area contributed by atoms with Crippen LogP contribution < -0.4 is 0 Å². The Kier molecular flexibility index (Phi) is 1.13. The monoisotopic (exact) mass is 142 g/mol. The second kappa shape index (κ2) is 1.87. The highest BCUT2D eigenvalue weighted by Gasteiger charge is 2.44. The zero-order valence-corrected chi connectivity index (χ0v) is 5.76. The molecule has 1 heterocycles. The molecule has 0 aromatic heterocycles. The summed E-state index contributed by atoms with van der Waals surface area (Å²) in [7, 11) is 0. The summed E-state index contributed by atoms with van der Waals surface area (Å²) >= 11 is 0. The van der Waals surface area contributed by atoms with Crippen molar-refractivity contribution in [1.29, 1.82) is 0 Å².